The van der Waals surface area contributed by atoms with Crippen molar-refractivity contribution in [3.63, 3.8) is 0 Å². The van der Waals surface area contributed by atoms with Crippen LogP contribution in [0.4, 0.5) is 17.1 Å². The molecule has 0 fully saturated rings. The van der Waals surface area contributed by atoms with Crippen LogP contribution in [0, 0.1) is 20.2 Å². The zero-order chi connectivity index (χ0) is 41.9. The molecule has 9 rings (SSSR count). The SMILES string of the molecule is Nc1cccc(C(=O)c2c[nH]c3ncccc23)c1.O=C(Cl)c1cccc([N+](=O)[O-])c1.O=C(c1cccc([N+](=O)[O-])c1)c1c[nH]c2ncccc12.c1cnc2[nH]ccc2c1. The van der Waals surface area contributed by atoms with Crippen molar-refractivity contribution in [2.24, 2.45) is 0 Å². The highest BCUT2D eigenvalue weighted by molar-refractivity contribution is 6.67. The Morgan fingerprint density at radius 2 is 1.03 bits per heavy atom. The number of nitro benzene ring substituents is 2. The van der Waals surface area contributed by atoms with E-state index in [2.05, 4.69) is 29.9 Å². The number of anilines is 1. The van der Waals surface area contributed by atoms with Gasteiger partial charge < -0.3 is 20.7 Å². The molecular weight excluding hydrogens is 778 g/mol. The van der Waals surface area contributed by atoms with E-state index in [1.807, 2.05) is 36.5 Å². The lowest BCUT2D eigenvalue weighted by Gasteiger charge is -2.00. The number of nitrogens with zero attached hydrogens (tertiary/aromatic N) is 5. The Balaban J connectivity index is 0.000000138. The maximum absolute atomic E-state index is 12.4. The Morgan fingerprint density at radius 3 is 1.54 bits per heavy atom. The average Bonchev–Trinajstić information content (AvgIpc) is 4.03. The molecule has 3 aromatic carbocycles. The number of fused-ring (bicyclic) bond motifs is 3. The molecule has 0 spiro atoms. The molecule has 0 bridgehead atoms. The van der Waals surface area contributed by atoms with Gasteiger partial charge in [0.1, 0.15) is 16.9 Å². The second-order valence-corrected chi connectivity index (χ2v) is 12.6. The number of H-pyrrole nitrogens is 3. The number of nitrogens with one attached hydrogen (secondary N) is 3. The van der Waals surface area contributed by atoms with E-state index in [-0.39, 0.29) is 34.1 Å². The zero-order valence-corrected chi connectivity index (χ0v) is 31.2. The van der Waals surface area contributed by atoms with Crippen LogP contribution in [-0.4, -0.2) is 56.6 Å². The molecule has 0 aliphatic carbocycles. The molecule has 6 heterocycles. The van der Waals surface area contributed by atoms with E-state index in [1.165, 1.54) is 36.4 Å². The maximum Gasteiger partial charge on any atom is 0.270 e. The Labute approximate surface area is 338 Å². The summed E-state index contributed by atoms with van der Waals surface area (Å²) < 4.78 is 0. The number of hydrogen-bond acceptors (Lipinski definition) is 11. The van der Waals surface area contributed by atoms with Crippen molar-refractivity contribution < 1.29 is 24.2 Å². The number of carbonyl (C=O) groups excluding carboxylic acids is 3. The van der Waals surface area contributed by atoms with Gasteiger partial charge in [-0.3, -0.25) is 34.6 Å². The van der Waals surface area contributed by atoms with Crippen molar-refractivity contribution in [2.45, 2.75) is 0 Å². The van der Waals surface area contributed by atoms with Crippen molar-refractivity contribution in [2.75, 3.05) is 5.73 Å². The Bertz CT molecular complexity index is 2920. The Hall–Kier alpha value is -8.37. The lowest BCUT2D eigenvalue weighted by molar-refractivity contribution is -0.385. The highest BCUT2D eigenvalue weighted by Crippen LogP contribution is 2.23. The van der Waals surface area contributed by atoms with Gasteiger partial charge in [-0.2, -0.15) is 0 Å². The minimum atomic E-state index is -0.696. The van der Waals surface area contributed by atoms with Crippen molar-refractivity contribution in [1.82, 2.24) is 29.9 Å². The molecule has 5 N–H and O–H groups in total. The van der Waals surface area contributed by atoms with E-state index in [9.17, 15) is 34.6 Å². The number of carbonyl (C=O) groups is 3. The summed E-state index contributed by atoms with van der Waals surface area (Å²) in [5.74, 6) is -0.325. The van der Waals surface area contributed by atoms with Gasteiger partial charge in [0.2, 0.25) is 0 Å². The number of hydrogen-bond donors (Lipinski definition) is 4. The van der Waals surface area contributed by atoms with Gasteiger partial charge in [-0.25, -0.2) is 15.0 Å². The molecule has 0 amide bonds. The van der Waals surface area contributed by atoms with Crippen LogP contribution >= 0.6 is 11.6 Å². The fraction of sp³-hybridized carbons (Fsp3) is 0. The fourth-order valence-corrected chi connectivity index (χ4v) is 5.78. The number of rotatable bonds is 7. The van der Waals surface area contributed by atoms with Gasteiger partial charge in [-0.1, -0.05) is 30.3 Å². The quantitative estimate of drug-likeness (QED) is 0.0390. The van der Waals surface area contributed by atoms with Gasteiger partial charge in [0.15, 0.2) is 11.6 Å². The minimum Gasteiger partial charge on any atom is -0.399 e. The third kappa shape index (κ3) is 9.90. The molecular formula is C42H30ClN9O7. The molecule has 16 nitrogen and oxygen atoms in total. The normalized spacial score (nSPS) is 10.3. The Morgan fingerprint density at radius 1 is 0.559 bits per heavy atom. The average molecular weight is 808 g/mol. The van der Waals surface area contributed by atoms with Crippen molar-refractivity contribution >= 4 is 78.6 Å². The molecule has 0 aliphatic rings. The number of nitrogen functional groups attached to an aromatic ring is 1. The number of nitro groups is 2. The summed E-state index contributed by atoms with van der Waals surface area (Å²) in [4.78, 5) is 76.5. The molecule has 0 unspecified atom stereocenters. The summed E-state index contributed by atoms with van der Waals surface area (Å²) in [7, 11) is 0. The fourth-order valence-electron chi connectivity index (χ4n) is 5.66. The van der Waals surface area contributed by atoms with Crippen LogP contribution in [0.15, 0.2) is 152 Å². The summed E-state index contributed by atoms with van der Waals surface area (Å²) in [6.45, 7) is 0. The van der Waals surface area contributed by atoms with Gasteiger partial charge in [0, 0.05) is 111 Å². The number of ketones is 2. The third-order valence-electron chi connectivity index (χ3n) is 8.47. The van der Waals surface area contributed by atoms with Crippen molar-refractivity contribution in [3.05, 3.63) is 200 Å². The number of aromatic amines is 3. The first-order valence-corrected chi connectivity index (χ1v) is 17.7. The summed E-state index contributed by atoms with van der Waals surface area (Å²) >= 11 is 5.12. The molecule has 9 aromatic rings. The van der Waals surface area contributed by atoms with Gasteiger partial charge in [0.25, 0.3) is 16.6 Å². The summed E-state index contributed by atoms with van der Waals surface area (Å²) in [6.07, 6.45) is 10.2. The van der Waals surface area contributed by atoms with E-state index in [1.54, 1.807) is 73.4 Å². The van der Waals surface area contributed by atoms with Crippen LogP contribution in [0.3, 0.4) is 0 Å². The number of benzene rings is 3. The van der Waals surface area contributed by atoms with E-state index in [4.69, 9.17) is 17.3 Å². The van der Waals surface area contributed by atoms with E-state index in [0.717, 1.165) is 22.5 Å². The number of pyridine rings is 3. The second-order valence-electron chi connectivity index (χ2n) is 12.3. The predicted molar refractivity (Wildman–Crippen MR) is 222 cm³/mol. The molecule has 0 saturated carbocycles. The van der Waals surface area contributed by atoms with Crippen LogP contribution in [0.5, 0.6) is 0 Å². The lowest BCUT2D eigenvalue weighted by Crippen LogP contribution is -2.01. The maximum atomic E-state index is 12.4. The molecule has 0 radical (unpaired) electrons. The minimum absolute atomic E-state index is 0.0541. The van der Waals surface area contributed by atoms with Gasteiger partial charge >= 0.3 is 0 Å². The number of non-ortho nitro benzene ring substituents is 2. The first kappa shape index (κ1) is 40.3. The second kappa shape index (κ2) is 18.5. The number of nitrogens with two attached hydrogens (primary N) is 1. The first-order chi connectivity index (χ1) is 28.5. The summed E-state index contributed by atoms with van der Waals surface area (Å²) in [5.41, 5.74) is 10.4. The van der Waals surface area contributed by atoms with Gasteiger partial charge in [0.05, 0.1) is 9.85 Å². The van der Waals surface area contributed by atoms with Crippen LogP contribution in [0.2, 0.25) is 0 Å². The largest absolute Gasteiger partial charge is 0.399 e. The van der Waals surface area contributed by atoms with Crippen LogP contribution < -0.4 is 5.73 Å². The highest BCUT2D eigenvalue weighted by atomic mass is 35.5. The molecule has 0 aliphatic heterocycles. The monoisotopic (exact) mass is 807 g/mol. The first-order valence-electron chi connectivity index (χ1n) is 17.4. The molecule has 59 heavy (non-hydrogen) atoms. The molecule has 17 heteroatoms. The molecule has 0 saturated heterocycles. The van der Waals surface area contributed by atoms with Gasteiger partial charge in [-0.15, -0.1) is 0 Å². The van der Waals surface area contributed by atoms with Crippen LogP contribution in [0.25, 0.3) is 33.1 Å². The number of halogens is 1. The Kier molecular flexibility index (Phi) is 12.6. The number of aromatic nitrogens is 6. The predicted octanol–water partition coefficient (Wildman–Crippen LogP) is 8.61. The summed E-state index contributed by atoms with van der Waals surface area (Å²) in [5, 5.41) is 23.0. The zero-order valence-electron chi connectivity index (χ0n) is 30.5. The lowest BCUT2D eigenvalue weighted by atomic mass is 10.0. The van der Waals surface area contributed by atoms with Gasteiger partial charge in [-0.05, 0) is 72.3 Å². The third-order valence-corrected chi connectivity index (χ3v) is 8.68. The van der Waals surface area contributed by atoms with E-state index >= 15 is 0 Å². The topological polar surface area (TPSA) is 250 Å². The molecule has 0 atom stereocenters. The highest BCUT2D eigenvalue weighted by Gasteiger charge is 2.17. The van der Waals surface area contributed by atoms with E-state index < -0.39 is 15.1 Å². The smallest absolute Gasteiger partial charge is 0.270 e. The molecule has 6 aromatic heterocycles. The molecule has 292 valence electrons. The van der Waals surface area contributed by atoms with E-state index in [0.29, 0.717) is 39.1 Å². The van der Waals surface area contributed by atoms with Crippen molar-refractivity contribution in [3.8, 4) is 0 Å². The van der Waals surface area contributed by atoms with Crippen LogP contribution in [-0.2, 0) is 0 Å². The standard InChI is InChI=1S/C14H9N3O3.C14H11N3O.C7H4ClNO3.C7H6N2/c18-13(9-3-1-4-10(7-9)17(19)20)12-8-16-14-11(12)5-2-6-15-14;15-10-4-1-3-9(7-10)13(18)12-8-17-14-11(12)5-2-6-16-14;8-7(10)5-2-1-3-6(4-5)9(11)12;1-2-6-3-5-9-7(6)8-4-1/h1-8H,(H,15,16);1-8H,15H2,(H,16,17);1-4H;1-5H,(H,8,9). The summed E-state index contributed by atoms with van der Waals surface area (Å²) in [6, 6.07) is 31.1. The van der Waals surface area contributed by atoms with Crippen LogP contribution in [0.1, 0.15) is 42.2 Å². The van der Waals surface area contributed by atoms with Crippen molar-refractivity contribution in [1.29, 1.82) is 0 Å².